The lowest BCUT2D eigenvalue weighted by molar-refractivity contribution is 0.0577. The van der Waals surface area contributed by atoms with Crippen molar-refractivity contribution in [1.29, 1.82) is 0 Å². The van der Waals surface area contributed by atoms with E-state index < -0.39 is 5.60 Å². The third-order valence-corrected chi connectivity index (χ3v) is 5.03. The van der Waals surface area contributed by atoms with Gasteiger partial charge in [0.25, 0.3) is 0 Å². The highest BCUT2D eigenvalue weighted by molar-refractivity contribution is 5.93. The van der Waals surface area contributed by atoms with E-state index >= 15 is 0 Å². The molecule has 1 saturated carbocycles. The zero-order valence-electron chi connectivity index (χ0n) is 19.6. The summed E-state index contributed by atoms with van der Waals surface area (Å²) in [4.78, 5) is 19.1. The lowest BCUT2D eigenvalue weighted by Crippen LogP contribution is -2.38. The van der Waals surface area contributed by atoms with Crippen LogP contribution in [0.2, 0.25) is 0 Å². The Kier molecular flexibility index (Phi) is 7.40. The van der Waals surface area contributed by atoms with Crippen molar-refractivity contribution < 1.29 is 14.3 Å². The lowest BCUT2D eigenvalue weighted by atomic mass is 10.1. The first-order valence-electron chi connectivity index (χ1n) is 10.9. The molecule has 0 bridgehead atoms. The number of nitrogens with two attached hydrogens (primary N) is 1. The molecule has 0 atom stereocenters. The van der Waals surface area contributed by atoms with Gasteiger partial charge >= 0.3 is 6.09 Å². The number of aliphatic imine (C=N–C) groups is 1. The predicted molar refractivity (Wildman–Crippen MR) is 129 cm³/mol. The number of carbonyl (C=O) groups is 1. The third-order valence-electron chi connectivity index (χ3n) is 5.03. The lowest BCUT2D eigenvalue weighted by Gasteiger charge is -2.28. The summed E-state index contributed by atoms with van der Waals surface area (Å²) in [6.45, 7) is 8.58. The number of nitrogens with one attached hydrogen (secondary N) is 1. The van der Waals surface area contributed by atoms with E-state index in [4.69, 9.17) is 15.2 Å². The van der Waals surface area contributed by atoms with Crippen LogP contribution in [0.25, 0.3) is 0 Å². The van der Waals surface area contributed by atoms with E-state index in [-0.39, 0.29) is 12.1 Å². The van der Waals surface area contributed by atoms with E-state index in [0.717, 1.165) is 40.9 Å². The van der Waals surface area contributed by atoms with Gasteiger partial charge in [-0.3, -0.25) is 4.90 Å². The van der Waals surface area contributed by atoms with Crippen LogP contribution in [0.4, 0.5) is 16.2 Å². The molecule has 172 valence electrons. The maximum absolute atomic E-state index is 12.8. The monoisotopic (exact) mass is 438 g/mol. The molecule has 0 saturated heterocycles. The van der Waals surface area contributed by atoms with Crippen LogP contribution in [-0.4, -0.2) is 30.8 Å². The summed E-state index contributed by atoms with van der Waals surface area (Å²) in [6, 6.07) is 14.0. The molecule has 0 heterocycles. The predicted octanol–water partition coefficient (Wildman–Crippen LogP) is 4.97. The van der Waals surface area contributed by atoms with Crippen molar-refractivity contribution in [2.24, 2.45) is 10.7 Å². The fraction of sp³-hybridized carbons (Fsp3) is 0.440. The van der Waals surface area contributed by atoms with Crippen LogP contribution in [0.3, 0.4) is 0 Å². The maximum atomic E-state index is 12.8. The Morgan fingerprint density at radius 3 is 2.56 bits per heavy atom. The van der Waals surface area contributed by atoms with E-state index in [1.807, 2.05) is 70.2 Å². The maximum Gasteiger partial charge on any atom is 0.415 e. The van der Waals surface area contributed by atoms with Gasteiger partial charge in [-0.1, -0.05) is 30.3 Å². The summed E-state index contributed by atoms with van der Waals surface area (Å²) >= 11 is 0. The van der Waals surface area contributed by atoms with Crippen molar-refractivity contribution >= 4 is 23.4 Å². The number of para-hydroxylation sites is 1. The molecule has 1 aliphatic rings. The van der Waals surface area contributed by atoms with Crippen molar-refractivity contribution in [3.8, 4) is 0 Å². The Morgan fingerprint density at radius 2 is 1.94 bits per heavy atom. The van der Waals surface area contributed by atoms with Crippen molar-refractivity contribution in [3.63, 3.8) is 0 Å². The number of methoxy groups -OCH3 is 1. The summed E-state index contributed by atoms with van der Waals surface area (Å²) in [6.07, 6.45) is 1.70. The van der Waals surface area contributed by atoms with Crippen LogP contribution in [-0.2, 0) is 22.6 Å². The first-order valence-corrected chi connectivity index (χ1v) is 10.9. The third kappa shape index (κ3) is 6.47. The van der Waals surface area contributed by atoms with Gasteiger partial charge in [-0.15, -0.1) is 0 Å². The number of guanidine groups is 1. The fourth-order valence-electron chi connectivity index (χ4n) is 3.45. The Hall–Kier alpha value is -3.06. The molecule has 1 aliphatic carbocycles. The van der Waals surface area contributed by atoms with Gasteiger partial charge in [0.15, 0.2) is 5.96 Å². The SMILES string of the molecule is COCc1ccccc1NC(N)=NCc1ccc(N(C(=O)OC(C)(C)C)C2CC2)c(C)c1. The standard InChI is InChI=1S/C25H34N4O3/c1-17-14-18(15-27-23(26)28-21-9-7-6-8-19(21)16-31-5)10-13-22(17)29(20-11-12-20)24(30)32-25(2,3)4/h6-10,13-14,20H,11-12,15-16H2,1-5H3,(H3,26,27,28). The number of nitrogens with zero attached hydrogens (tertiary/aromatic N) is 2. The summed E-state index contributed by atoms with van der Waals surface area (Å²) in [5.74, 6) is 0.337. The van der Waals surface area contributed by atoms with Crippen molar-refractivity contribution in [2.45, 2.75) is 65.3 Å². The molecule has 0 aromatic heterocycles. The summed E-state index contributed by atoms with van der Waals surface area (Å²) < 4.78 is 10.9. The second-order valence-electron chi connectivity index (χ2n) is 9.12. The first-order chi connectivity index (χ1) is 15.2. The van der Waals surface area contributed by atoms with Crippen LogP contribution in [0, 0.1) is 6.92 Å². The molecule has 0 unspecified atom stereocenters. The van der Waals surface area contributed by atoms with Crippen LogP contribution in [0.5, 0.6) is 0 Å². The van der Waals surface area contributed by atoms with Gasteiger partial charge in [0.2, 0.25) is 0 Å². The number of benzene rings is 2. The van der Waals surface area contributed by atoms with Crippen molar-refractivity contribution in [1.82, 2.24) is 0 Å². The Labute approximate surface area is 190 Å². The minimum atomic E-state index is -0.529. The van der Waals surface area contributed by atoms with Gasteiger partial charge < -0.3 is 20.5 Å². The van der Waals surface area contributed by atoms with Gasteiger partial charge in [0.05, 0.1) is 18.8 Å². The van der Waals surface area contributed by atoms with E-state index in [1.165, 1.54) is 0 Å². The molecule has 3 rings (SSSR count). The van der Waals surface area contributed by atoms with E-state index in [2.05, 4.69) is 10.3 Å². The van der Waals surface area contributed by atoms with E-state index in [0.29, 0.717) is 19.1 Å². The normalized spacial score (nSPS) is 14.2. The quantitative estimate of drug-likeness (QED) is 0.470. The largest absolute Gasteiger partial charge is 0.443 e. The molecule has 7 heteroatoms. The molecule has 0 aliphatic heterocycles. The summed E-state index contributed by atoms with van der Waals surface area (Å²) in [5, 5.41) is 3.15. The van der Waals surface area contributed by atoms with Gasteiger partial charge in [-0.05, 0) is 63.8 Å². The highest BCUT2D eigenvalue weighted by Gasteiger charge is 2.37. The van der Waals surface area contributed by atoms with Crippen molar-refractivity contribution in [2.75, 3.05) is 17.3 Å². The number of carbonyl (C=O) groups excluding carboxylic acids is 1. The van der Waals surface area contributed by atoms with Crippen LogP contribution < -0.4 is 16.0 Å². The minimum absolute atomic E-state index is 0.208. The van der Waals surface area contributed by atoms with Crippen LogP contribution in [0.1, 0.15) is 50.3 Å². The number of ether oxygens (including phenoxy) is 2. The second kappa shape index (κ2) is 10.0. The highest BCUT2D eigenvalue weighted by Crippen LogP contribution is 2.35. The Bertz CT molecular complexity index is 977. The van der Waals surface area contributed by atoms with Gasteiger partial charge in [0.1, 0.15) is 5.60 Å². The summed E-state index contributed by atoms with van der Waals surface area (Å²) in [7, 11) is 1.66. The molecule has 7 nitrogen and oxygen atoms in total. The number of hydrogen-bond acceptors (Lipinski definition) is 4. The van der Waals surface area contributed by atoms with Gasteiger partial charge in [-0.2, -0.15) is 0 Å². The van der Waals surface area contributed by atoms with E-state index in [1.54, 1.807) is 12.0 Å². The molecule has 32 heavy (non-hydrogen) atoms. The highest BCUT2D eigenvalue weighted by atomic mass is 16.6. The number of amides is 1. The smallest absolute Gasteiger partial charge is 0.415 e. The van der Waals surface area contributed by atoms with Gasteiger partial charge in [0, 0.05) is 24.4 Å². The molecule has 0 radical (unpaired) electrons. The topological polar surface area (TPSA) is 89.2 Å². The number of aryl methyl sites for hydroxylation is 1. The Balaban J connectivity index is 1.70. The number of anilines is 2. The van der Waals surface area contributed by atoms with E-state index in [9.17, 15) is 4.79 Å². The molecule has 0 spiro atoms. The molecule has 2 aromatic carbocycles. The molecular weight excluding hydrogens is 404 g/mol. The number of rotatable bonds is 7. The molecular formula is C25H34N4O3. The summed E-state index contributed by atoms with van der Waals surface area (Å²) in [5.41, 5.74) is 10.4. The first kappa shape index (κ1) is 23.6. The zero-order valence-corrected chi connectivity index (χ0v) is 19.6. The van der Waals surface area contributed by atoms with Crippen LogP contribution >= 0.6 is 0 Å². The van der Waals surface area contributed by atoms with Crippen LogP contribution in [0.15, 0.2) is 47.5 Å². The molecule has 3 N–H and O–H groups in total. The van der Waals surface area contributed by atoms with Crippen molar-refractivity contribution in [3.05, 3.63) is 59.2 Å². The zero-order chi connectivity index (χ0) is 23.3. The fourth-order valence-corrected chi connectivity index (χ4v) is 3.45. The Morgan fingerprint density at radius 1 is 1.22 bits per heavy atom. The average Bonchev–Trinajstić information content (AvgIpc) is 3.53. The second-order valence-corrected chi connectivity index (χ2v) is 9.12. The molecule has 1 amide bonds. The number of hydrogen-bond donors (Lipinski definition) is 2. The molecule has 2 aromatic rings. The minimum Gasteiger partial charge on any atom is -0.443 e. The molecule has 1 fully saturated rings. The average molecular weight is 439 g/mol. The van der Waals surface area contributed by atoms with Gasteiger partial charge in [-0.25, -0.2) is 9.79 Å².